The lowest BCUT2D eigenvalue weighted by Crippen LogP contribution is -2.63. The van der Waals surface area contributed by atoms with Crippen molar-refractivity contribution in [3.8, 4) is 5.75 Å². The van der Waals surface area contributed by atoms with Gasteiger partial charge in [0.15, 0.2) is 5.60 Å². The molecule has 1 aliphatic carbocycles. The number of aromatic carboxylic acids is 1. The van der Waals surface area contributed by atoms with E-state index in [0.717, 1.165) is 0 Å². The highest BCUT2D eigenvalue weighted by Gasteiger charge is 2.67. The van der Waals surface area contributed by atoms with Crippen LogP contribution in [0.3, 0.4) is 0 Å². The summed E-state index contributed by atoms with van der Waals surface area (Å²) in [5.41, 5.74) is -0.661. The van der Waals surface area contributed by atoms with Gasteiger partial charge in [0.25, 0.3) is 0 Å². The number of aliphatic hydroxyl groups is 2. The Bertz CT molecular complexity index is 649. The highest BCUT2D eigenvalue weighted by Crippen LogP contribution is 2.57. The lowest BCUT2D eigenvalue weighted by atomic mass is 9.54. The van der Waals surface area contributed by atoms with Crippen LogP contribution in [0.25, 0.3) is 0 Å². The summed E-state index contributed by atoms with van der Waals surface area (Å²) in [6.07, 6.45) is 1.22. The van der Waals surface area contributed by atoms with Gasteiger partial charge in [0.05, 0.1) is 31.5 Å². The van der Waals surface area contributed by atoms with E-state index in [0.29, 0.717) is 24.1 Å². The van der Waals surface area contributed by atoms with Crippen molar-refractivity contribution in [1.29, 1.82) is 0 Å². The van der Waals surface area contributed by atoms with Crippen LogP contribution < -0.4 is 4.74 Å². The number of nitrogens with zero attached hydrogens (tertiary/aromatic N) is 1. The van der Waals surface area contributed by atoms with Crippen LogP contribution in [-0.4, -0.2) is 52.9 Å². The van der Waals surface area contributed by atoms with Crippen LogP contribution in [0.5, 0.6) is 5.75 Å². The van der Waals surface area contributed by atoms with Gasteiger partial charge in [-0.15, -0.1) is 0 Å². The quantitative estimate of drug-likeness (QED) is 0.736. The van der Waals surface area contributed by atoms with Gasteiger partial charge in [0, 0.05) is 5.56 Å². The second kappa shape index (κ2) is 4.96. The van der Waals surface area contributed by atoms with Gasteiger partial charge in [-0.05, 0) is 31.0 Å². The van der Waals surface area contributed by atoms with E-state index < -0.39 is 17.0 Å². The number of carboxylic acids is 1. The fraction of sp³-hybridized carbons (Fsp3) is 0.467. The van der Waals surface area contributed by atoms with Crippen LogP contribution in [0.15, 0.2) is 23.4 Å². The van der Waals surface area contributed by atoms with Crippen molar-refractivity contribution in [1.82, 2.24) is 0 Å². The molecule has 0 spiro atoms. The number of aliphatic hydroxyl groups excluding tert-OH is 2. The van der Waals surface area contributed by atoms with E-state index in [1.807, 2.05) is 0 Å². The number of ether oxygens (including phenoxy) is 1. The van der Waals surface area contributed by atoms with Crippen LogP contribution in [0, 0.1) is 5.41 Å². The van der Waals surface area contributed by atoms with Gasteiger partial charge in [-0.1, -0.05) is 5.16 Å². The first-order valence-electron chi connectivity index (χ1n) is 6.94. The first-order valence-corrected chi connectivity index (χ1v) is 6.94. The van der Waals surface area contributed by atoms with Crippen LogP contribution in [0.4, 0.5) is 0 Å². The Morgan fingerprint density at radius 2 is 2.14 bits per heavy atom. The van der Waals surface area contributed by atoms with Crippen LogP contribution in [0.2, 0.25) is 0 Å². The van der Waals surface area contributed by atoms with E-state index in [4.69, 9.17) is 9.57 Å². The standard InChI is InChI=1S/C15H17NO6/c1-21-11-3-2-9(6-10(11)13(19)20)12-14(7-17)4-5-15(14,8-18)22-16-12/h2-3,6,17-18H,4-5,7-8H2,1H3,(H,19,20). The van der Waals surface area contributed by atoms with Gasteiger partial charge in [0.2, 0.25) is 0 Å². The number of hydrogen-bond donors (Lipinski definition) is 3. The molecule has 1 aliphatic heterocycles. The molecule has 0 radical (unpaired) electrons. The normalized spacial score (nSPS) is 29.1. The Kier molecular flexibility index (Phi) is 3.34. The predicted molar refractivity (Wildman–Crippen MR) is 76.1 cm³/mol. The van der Waals surface area contributed by atoms with Gasteiger partial charge in [-0.3, -0.25) is 0 Å². The Morgan fingerprint density at radius 3 is 2.64 bits per heavy atom. The van der Waals surface area contributed by atoms with E-state index in [1.165, 1.54) is 13.2 Å². The summed E-state index contributed by atoms with van der Waals surface area (Å²) >= 11 is 0. The number of hydrogen-bond acceptors (Lipinski definition) is 6. The molecule has 0 saturated heterocycles. The zero-order valence-electron chi connectivity index (χ0n) is 12.1. The topological polar surface area (TPSA) is 109 Å². The molecule has 3 N–H and O–H groups in total. The summed E-state index contributed by atoms with van der Waals surface area (Å²) in [5.74, 6) is -0.867. The van der Waals surface area contributed by atoms with Crippen molar-refractivity contribution in [2.75, 3.05) is 20.3 Å². The second-order valence-corrected chi connectivity index (χ2v) is 5.64. The molecule has 7 nitrogen and oxygen atoms in total. The van der Waals surface area contributed by atoms with Gasteiger partial charge >= 0.3 is 5.97 Å². The molecule has 0 bridgehead atoms. The largest absolute Gasteiger partial charge is 0.496 e. The molecule has 2 aliphatic rings. The van der Waals surface area contributed by atoms with Gasteiger partial charge in [-0.25, -0.2) is 4.79 Å². The third kappa shape index (κ3) is 1.69. The van der Waals surface area contributed by atoms with Crippen LogP contribution >= 0.6 is 0 Å². The van der Waals surface area contributed by atoms with Crippen molar-refractivity contribution in [2.45, 2.75) is 18.4 Å². The maximum absolute atomic E-state index is 11.3. The number of rotatable bonds is 5. The molecule has 1 aromatic rings. The average Bonchev–Trinajstić information content (AvgIpc) is 2.74. The van der Waals surface area contributed by atoms with E-state index in [-0.39, 0.29) is 24.5 Å². The second-order valence-electron chi connectivity index (χ2n) is 5.64. The molecule has 2 unspecified atom stereocenters. The Hall–Kier alpha value is -2.12. The molecular weight excluding hydrogens is 290 g/mol. The average molecular weight is 307 g/mol. The summed E-state index contributed by atoms with van der Waals surface area (Å²) in [6, 6.07) is 4.67. The molecule has 1 aromatic carbocycles. The monoisotopic (exact) mass is 307 g/mol. The van der Waals surface area contributed by atoms with Crippen LogP contribution in [-0.2, 0) is 4.84 Å². The maximum atomic E-state index is 11.3. The highest BCUT2D eigenvalue weighted by atomic mass is 16.7. The highest BCUT2D eigenvalue weighted by molar-refractivity contribution is 6.08. The fourth-order valence-electron chi connectivity index (χ4n) is 3.30. The van der Waals surface area contributed by atoms with Crippen molar-refractivity contribution in [2.24, 2.45) is 10.6 Å². The minimum atomic E-state index is -1.11. The first kappa shape index (κ1) is 14.8. The predicted octanol–water partition coefficient (Wildman–Crippen LogP) is 0.631. The van der Waals surface area contributed by atoms with Crippen molar-refractivity contribution >= 4 is 11.7 Å². The summed E-state index contributed by atoms with van der Waals surface area (Å²) in [5, 5.41) is 32.8. The number of fused-ring (bicyclic) bond motifs is 1. The first-order chi connectivity index (χ1) is 10.5. The number of benzene rings is 1. The van der Waals surface area contributed by atoms with Gasteiger partial charge < -0.3 is 24.9 Å². The molecular formula is C15H17NO6. The zero-order valence-corrected chi connectivity index (χ0v) is 12.1. The molecule has 0 aromatic heterocycles. The van der Waals surface area contributed by atoms with E-state index in [1.54, 1.807) is 12.1 Å². The lowest BCUT2D eigenvalue weighted by molar-refractivity contribution is -0.184. The van der Waals surface area contributed by atoms with Crippen LogP contribution in [0.1, 0.15) is 28.8 Å². The smallest absolute Gasteiger partial charge is 0.339 e. The summed E-state index contributed by atoms with van der Waals surface area (Å²) in [4.78, 5) is 16.7. The molecule has 7 heteroatoms. The summed E-state index contributed by atoms with van der Waals surface area (Å²) in [6.45, 7) is -0.469. The molecule has 2 atom stereocenters. The van der Waals surface area contributed by atoms with Gasteiger partial charge in [-0.2, -0.15) is 0 Å². The number of oxime groups is 1. The lowest BCUT2D eigenvalue weighted by Gasteiger charge is -2.50. The fourth-order valence-corrected chi connectivity index (χ4v) is 3.30. The van der Waals surface area contributed by atoms with Gasteiger partial charge in [0.1, 0.15) is 11.3 Å². The molecule has 22 heavy (non-hydrogen) atoms. The van der Waals surface area contributed by atoms with E-state index in [9.17, 15) is 20.1 Å². The Balaban J connectivity index is 2.05. The third-order valence-electron chi connectivity index (χ3n) is 4.82. The number of carbonyl (C=O) groups is 1. The number of carboxylic acid groups (broad SMARTS) is 1. The molecule has 1 fully saturated rings. The molecule has 118 valence electrons. The summed E-state index contributed by atoms with van der Waals surface area (Å²) < 4.78 is 5.04. The van der Waals surface area contributed by atoms with Crippen molar-refractivity contribution in [3.63, 3.8) is 0 Å². The molecule has 3 rings (SSSR count). The Labute approximate surface area is 126 Å². The van der Waals surface area contributed by atoms with Crippen molar-refractivity contribution < 1.29 is 29.7 Å². The summed E-state index contributed by atoms with van der Waals surface area (Å²) in [7, 11) is 1.40. The zero-order chi connectivity index (χ0) is 16.0. The minimum Gasteiger partial charge on any atom is -0.496 e. The number of methoxy groups -OCH3 is 1. The molecule has 0 amide bonds. The van der Waals surface area contributed by atoms with E-state index >= 15 is 0 Å². The molecule has 1 heterocycles. The van der Waals surface area contributed by atoms with E-state index in [2.05, 4.69) is 5.16 Å². The van der Waals surface area contributed by atoms with Crippen molar-refractivity contribution in [3.05, 3.63) is 29.3 Å². The minimum absolute atomic E-state index is 0.0108. The Morgan fingerprint density at radius 1 is 1.36 bits per heavy atom. The molecule has 1 saturated carbocycles. The SMILES string of the molecule is COc1ccc(C2=NOC3(CO)CCC23CO)cc1C(=O)O. The third-order valence-corrected chi connectivity index (χ3v) is 4.82. The maximum Gasteiger partial charge on any atom is 0.339 e.